The third kappa shape index (κ3) is 4.52. The van der Waals surface area contributed by atoms with Crippen molar-refractivity contribution < 1.29 is 19.1 Å². The third-order valence-corrected chi connectivity index (χ3v) is 3.99. The Morgan fingerprint density at radius 1 is 0.778 bits per heavy atom. The van der Waals surface area contributed by atoms with Gasteiger partial charge in [0.25, 0.3) is 5.91 Å². The zero-order valence-electron chi connectivity index (χ0n) is 14.6. The molecule has 0 bridgehead atoms. The highest BCUT2D eigenvalue weighted by Gasteiger charge is 2.20. The second kappa shape index (κ2) is 8.67. The van der Waals surface area contributed by atoms with Crippen molar-refractivity contribution >= 4 is 12.2 Å². The van der Waals surface area contributed by atoms with E-state index in [1.165, 1.54) is 12.1 Å². The molecule has 0 aliphatic heterocycles. The molecule has 0 unspecified atom stereocenters. The van der Waals surface area contributed by atoms with E-state index in [0.29, 0.717) is 11.8 Å². The lowest BCUT2D eigenvalue weighted by Gasteiger charge is -2.17. The van der Waals surface area contributed by atoms with Gasteiger partial charge in [-0.3, -0.25) is 9.59 Å². The van der Waals surface area contributed by atoms with Crippen LogP contribution in [-0.2, 0) is 13.2 Å². The van der Waals surface area contributed by atoms with Gasteiger partial charge in [0.2, 0.25) is 0 Å². The Bertz CT molecular complexity index is 924. The van der Waals surface area contributed by atoms with Gasteiger partial charge in [0.15, 0.2) is 17.8 Å². The molecule has 5 nitrogen and oxygen atoms in total. The quantitative estimate of drug-likeness (QED) is 0.620. The summed E-state index contributed by atoms with van der Waals surface area (Å²) in [5, 5.41) is 0. The van der Waals surface area contributed by atoms with Gasteiger partial charge in [0.1, 0.15) is 13.2 Å². The maximum absolute atomic E-state index is 11.9. The molecule has 0 saturated carbocycles. The van der Waals surface area contributed by atoms with E-state index in [1.807, 2.05) is 60.7 Å². The van der Waals surface area contributed by atoms with Crippen LogP contribution in [0.4, 0.5) is 0 Å². The summed E-state index contributed by atoms with van der Waals surface area (Å²) in [4.78, 5) is 23.4. The number of aldehydes is 1. The zero-order valence-corrected chi connectivity index (χ0v) is 14.6. The van der Waals surface area contributed by atoms with Crippen molar-refractivity contribution in [2.75, 3.05) is 0 Å². The third-order valence-electron chi connectivity index (χ3n) is 3.99. The summed E-state index contributed by atoms with van der Waals surface area (Å²) in [5.41, 5.74) is 7.78. The van der Waals surface area contributed by atoms with Gasteiger partial charge >= 0.3 is 0 Å². The summed E-state index contributed by atoms with van der Waals surface area (Å²) in [7, 11) is 0. The maximum Gasteiger partial charge on any atom is 0.252 e. The smallest absolute Gasteiger partial charge is 0.252 e. The predicted molar refractivity (Wildman–Crippen MR) is 102 cm³/mol. The van der Waals surface area contributed by atoms with Crippen molar-refractivity contribution in [2.24, 2.45) is 5.73 Å². The maximum atomic E-state index is 11.9. The van der Waals surface area contributed by atoms with Crippen LogP contribution in [-0.4, -0.2) is 12.2 Å². The van der Waals surface area contributed by atoms with E-state index in [-0.39, 0.29) is 30.3 Å². The van der Waals surface area contributed by atoms with Crippen molar-refractivity contribution in [1.82, 2.24) is 0 Å². The Balaban J connectivity index is 1.93. The highest BCUT2D eigenvalue weighted by atomic mass is 16.5. The Kier molecular flexibility index (Phi) is 5.84. The summed E-state index contributed by atoms with van der Waals surface area (Å²) < 4.78 is 11.7. The molecule has 0 heterocycles. The van der Waals surface area contributed by atoms with Crippen molar-refractivity contribution in [3.63, 3.8) is 0 Å². The average Bonchev–Trinajstić information content (AvgIpc) is 2.71. The molecule has 136 valence electrons. The fraction of sp³-hybridized carbons (Fsp3) is 0.0909. The Morgan fingerprint density at radius 3 is 1.78 bits per heavy atom. The molecule has 3 rings (SSSR count). The van der Waals surface area contributed by atoms with E-state index < -0.39 is 5.91 Å². The molecular formula is C22H19NO4. The fourth-order valence-electron chi connectivity index (χ4n) is 2.62. The number of nitrogens with two attached hydrogens (primary N) is 1. The molecule has 2 N–H and O–H groups in total. The molecule has 0 aliphatic carbocycles. The number of amides is 1. The van der Waals surface area contributed by atoms with Gasteiger partial charge in [-0.05, 0) is 23.3 Å². The standard InChI is InChI=1S/C22H19NO4/c23-22(25)19-12-11-18(13-24)20(26-14-16-7-3-1-4-8-16)21(19)27-15-17-9-5-2-6-10-17/h1-13H,14-15H2,(H2,23,25). The van der Waals surface area contributed by atoms with E-state index >= 15 is 0 Å². The highest BCUT2D eigenvalue weighted by Crippen LogP contribution is 2.35. The second-order valence-electron chi connectivity index (χ2n) is 5.89. The number of carbonyl (C=O) groups excluding carboxylic acids is 2. The van der Waals surface area contributed by atoms with Crippen LogP contribution in [0.1, 0.15) is 31.8 Å². The molecule has 3 aromatic carbocycles. The number of primary amides is 1. The Morgan fingerprint density at radius 2 is 1.30 bits per heavy atom. The molecule has 3 aromatic rings. The summed E-state index contributed by atoms with van der Waals surface area (Å²) >= 11 is 0. The van der Waals surface area contributed by atoms with E-state index in [4.69, 9.17) is 15.2 Å². The Labute approximate surface area is 157 Å². The minimum absolute atomic E-state index is 0.166. The van der Waals surface area contributed by atoms with E-state index in [0.717, 1.165) is 11.1 Å². The molecule has 0 aromatic heterocycles. The first-order valence-electron chi connectivity index (χ1n) is 8.44. The van der Waals surface area contributed by atoms with Gasteiger partial charge in [0.05, 0.1) is 11.1 Å². The van der Waals surface area contributed by atoms with Crippen molar-refractivity contribution in [3.05, 3.63) is 95.1 Å². The van der Waals surface area contributed by atoms with Crippen LogP contribution in [0.5, 0.6) is 11.5 Å². The highest BCUT2D eigenvalue weighted by molar-refractivity contribution is 5.98. The average molecular weight is 361 g/mol. The van der Waals surface area contributed by atoms with Crippen molar-refractivity contribution in [1.29, 1.82) is 0 Å². The van der Waals surface area contributed by atoms with Crippen molar-refractivity contribution in [2.45, 2.75) is 13.2 Å². The van der Waals surface area contributed by atoms with Crippen molar-refractivity contribution in [3.8, 4) is 11.5 Å². The number of benzene rings is 3. The summed E-state index contributed by atoms with van der Waals surface area (Å²) in [5.74, 6) is -0.270. The first kappa shape index (κ1) is 18.2. The number of rotatable bonds is 8. The first-order valence-corrected chi connectivity index (χ1v) is 8.44. The molecule has 0 radical (unpaired) electrons. The van der Waals surface area contributed by atoms with Crippen LogP contribution < -0.4 is 15.2 Å². The van der Waals surface area contributed by atoms with Crippen LogP contribution in [0.2, 0.25) is 0 Å². The Hall–Kier alpha value is -3.60. The fourth-order valence-corrected chi connectivity index (χ4v) is 2.62. The van der Waals surface area contributed by atoms with Crippen LogP contribution in [0.15, 0.2) is 72.8 Å². The molecule has 5 heteroatoms. The van der Waals surface area contributed by atoms with Crippen LogP contribution in [0.25, 0.3) is 0 Å². The van der Waals surface area contributed by atoms with Crippen LogP contribution >= 0.6 is 0 Å². The van der Waals surface area contributed by atoms with Gasteiger partial charge < -0.3 is 15.2 Å². The van der Waals surface area contributed by atoms with Gasteiger partial charge in [-0.15, -0.1) is 0 Å². The first-order chi connectivity index (χ1) is 13.2. The largest absolute Gasteiger partial charge is 0.484 e. The lowest BCUT2D eigenvalue weighted by molar-refractivity contribution is 0.0993. The second-order valence-corrected chi connectivity index (χ2v) is 5.89. The number of carbonyl (C=O) groups is 2. The van der Waals surface area contributed by atoms with E-state index in [1.54, 1.807) is 0 Å². The summed E-state index contributed by atoms with van der Waals surface area (Å²) in [6, 6.07) is 22.0. The van der Waals surface area contributed by atoms with E-state index in [9.17, 15) is 9.59 Å². The van der Waals surface area contributed by atoms with Gasteiger partial charge in [-0.1, -0.05) is 60.7 Å². The van der Waals surface area contributed by atoms with Crippen LogP contribution in [0, 0.1) is 0 Å². The van der Waals surface area contributed by atoms with Gasteiger partial charge in [-0.25, -0.2) is 0 Å². The molecule has 0 atom stereocenters. The molecule has 0 fully saturated rings. The lowest BCUT2D eigenvalue weighted by atomic mass is 10.1. The lowest BCUT2D eigenvalue weighted by Crippen LogP contribution is -2.15. The molecule has 0 aliphatic rings. The predicted octanol–water partition coefficient (Wildman–Crippen LogP) is 3.76. The normalized spacial score (nSPS) is 10.2. The van der Waals surface area contributed by atoms with Gasteiger partial charge in [0, 0.05) is 0 Å². The van der Waals surface area contributed by atoms with Gasteiger partial charge in [-0.2, -0.15) is 0 Å². The zero-order chi connectivity index (χ0) is 19.1. The summed E-state index contributed by atoms with van der Waals surface area (Å²) in [6.45, 7) is 0.441. The SMILES string of the molecule is NC(=O)c1ccc(C=O)c(OCc2ccccc2)c1OCc1ccccc1. The summed E-state index contributed by atoms with van der Waals surface area (Å²) in [6.07, 6.45) is 0.667. The number of ether oxygens (including phenoxy) is 2. The molecule has 0 spiro atoms. The molecule has 1 amide bonds. The molecular weight excluding hydrogens is 342 g/mol. The monoisotopic (exact) mass is 361 g/mol. The van der Waals surface area contributed by atoms with Crippen LogP contribution in [0.3, 0.4) is 0 Å². The van der Waals surface area contributed by atoms with E-state index in [2.05, 4.69) is 0 Å². The molecule has 27 heavy (non-hydrogen) atoms. The topological polar surface area (TPSA) is 78.6 Å². The molecule has 0 saturated heterocycles. The number of hydrogen-bond donors (Lipinski definition) is 1. The minimum atomic E-state index is -0.653. The number of hydrogen-bond acceptors (Lipinski definition) is 4. The minimum Gasteiger partial charge on any atom is -0.484 e.